The molecule has 0 bridgehead atoms. The Morgan fingerprint density at radius 1 is 1.57 bits per heavy atom. The highest BCUT2D eigenvalue weighted by Gasteiger charge is 2.25. The van der Waals surface area contributed by atoms with Gasteiger partial charge < -0.3 is 4.90 Å². The summed E-state index contributed by atoms with van der Waals surface area (Å²) in [5.74, 6) is -2.55. The summed E-state index contributed by atoms with van der Waals surface area (Å²) in [6, 6.07) is 2.20. The minimum absolute atomic E-state index is 0.0363. The van der Waals surface area contributed by atoms with Crippen molar-refractivity contribution in [2.75, 3.05) is 19.6 Å². The van der Waals surface area contributed by atoms with E-state index in [0.717, 1.165) is 26.3 Å². The van der Waals surface area contributed by atoms with Crippen molar-refractivity contribution in [3.63, 3.8) is 0 Å². The average molecular weight is 202 g/mol. The van der Waals surface area contributed by atoms with Crippen LogP contribution in [0.25, 0.3) is 0 Å². The molecule has 80 valence electrons. The number of rotatable bonds is 3. The molecule has 14 heavy (non-hydrogen) atoms. The van der Waals surface area contributed by atoms with Gasteiger partial charge in [-0.2, -0.15) is 5.26 Å². The maximum absolute atomic E-state index is 12.6. The van der Waals surface area contributed by atoms with Crippen LogP contribution in [0, 0.1) is 17.2 Å². The van der Waals surface area contributed by atoms with Gasteiger partial charge in [0.2, 0.25) is 5.92 Å². The first-order valence-electron chi connectivity index (χ1n) is 5.01. The van der Waals surface area contributed by atoms with E-state index in [1.807, 2.05) is 4.90 Å². The van der Waals surface area contributed by atoms with E-state index in [0.29, 0.717) is 13.1 Å². The van der Waals surface area contributed by atoms with E-state index in [2.05, 4.69) is 6.07 Å². The van der Waals surface area contributed by atoms with Gasteiger partial charge >= 0.3 is 0 Å². The molecule has 0 spiro atoms. The van der Waals surface area contributed by atoms with Crippen molar-refractivity contribution in [1.82, 2.24) is 4.90 Å². The van der Waals surface area contributed by atoms with Crippen LogP contribution in [0.4, 0.5) is 8.78 Å². The molecular formula is C10H16F2N2. The van der Waals surface area contributed by atoms with Gasteiger partial charge in [0.15, 0.2) is 0 Å². The molecule has 2 nitrogen and oxygen atoms in total. The molecule has 1 heterocycles. The lowest BCUT2D eigenvalue weighted by atomic mass is 9.99. The van der Waals surface area contributed by atoms with E-state index in [9.17, 15) is 8.78 Å². The minimum atomic E-state index is -2.58. The summed E-state index contributed by atoms with van der Waals surface area (Å²) in [6.07, 6.45) is 1.76. The topological polar surface area (TPSA) is 27.0 Å². The molecule has 0 amide bonds. The van der Waals surface area contributed by atoms with Crippen molar-refractivity contribution in [1.29, 1.82) is 5.26 Å². The standard InChI is InChI=1S/C10H16F2N2/c1-10(11,12)4-6-14-5-2-3-9(7-13)8-14/h9H,2-6,8H2,1H3. The third-order valence-corrected chi connectivity index (χ3v) is 2.56. The summed E-state index contributed by atoms with van der Waals surface area (Å²) in [7, 11) is 0. The van der Waals surface area contributed by atoms with Crippen molar-refractivity contribution in [3.05, 3.63) is 0 Å². The molecule has 0 N–H and O–H groups in total. The summed E-state index contributed by atoms with van der Waals surface area (Å²) >= 11 is 0. The predicted molar refractivity (Wildman–Crippen MR) is 50.0 cm³/mol. The van der Waals surface area contributed by atoms with E-state index in [1.54, 1.807) is 0 Å². The maximum atomic E-state index is 12.6. The van der Waals surface area contributed by atoms with Crippen LogP contribution in [-0.4, -0.2) is 30.5 Å². The van der Waals surface area contributed by atoms with Gasteiger partial charge in [0.05, 0.1) is 12.0 Å². The van der Waals surface area contributed by atoms with Gasteiger partial charge in [0, 0.05) is 19.5 Å². The Morgan fingerprint density at radius 2 is 2.29 bits per heavy atom. The van der Waals surface area contributed by atoms with Gasteiger partial charge in [-0.05, 0) is 26.3 Å². The van der Waals surface area contributed by atoms with E-state index in [-0.39, 0.29) is 12.3 Å². The smallest absolute Gasteiger partial charge is 0.246 e. The van der Waals surface area contributed by atoms with Crippen LogP contribution < -0.4 is 0 Å². The fourth-order valence-corrected chi connectivity index (χ4v) is 1.72. The Bertz CT molecular complexity index is 217. The van der Waals surface area contributed by atoms with Crippen molar-refractivity contribution >= 4 is 0 Å². The lowest BCUT2D eigenvalue weighted by Crippen LogP contribution is -2.37. The second-order valence-corrected chi connectivity index (χ2v) is 4.09. The Balaban J connectivity index is 2.28. The number of nitriles is 1. The molecule has 1 saturated heterocycles. The van der Waals surface area contributed by atoms with Crippen LogP contribution in [0.3, 0.4) is 0 Å². The van der Waals surface area contributed by atoms with Gasteiger partial charge in [-0.3, -0.25) is 0 Å². The Kier molecular flexibility index (Phi) is 3.82. The monoisotopic (exact) mass is 202 g/mol. The van der Waals surface area contributed by atoms with Gasteiger partial charge in [-0.1, -0.05) is 0 Å². The van der Waals surface area contributed by atoms with Crippen molar-refractivity contribution in [3.8, 4) is 6.07 Å². The first-order valence-corrected chi connectivity index (χ1v) is 5.01. The number of hydrogen-bond donors (Lipinski definition) is 0. The lowest BCUT2D eigenvalue weighted by Gasteiger charge is -2.30. The van der Waals surface area contributed by atoms with E-state index in [4.69, 9.17) is 5.26 Å². The van der Waals surface area contributed by atoms with Crippen molar-refractivity contribution in [2.24, 2.45) is 5.92 Å². The van der Waals surface area contributed by atoms with Crippen LogP contribution in [0.2, 0.25) is 0 Å². The van der Waals surface area contributed by atoms with Gasteiger partial charge in [0.1, 0.15) is 0 Å². The van der Waals surface area contributed by atoms with Crippen molar-refractivity contribution < 1.29 is 8.78 Å². The molecule has 0 aromatic heterocycles. The molecule has 1 aliphatic heterocycles. The highest BCUT2D eigenvalue weighted by Crippen LogP contribution is 2.20. The zero-order chi connectivity index (χ0) is 10.6. The number of halogens is 2. The molecule has 0 aliphatic carbocycles. The molecule has 1 aliphatic rings. The third kappa shape index (κ3) is 4.01. The largest absolute Gasteiger partial charge is 0.302 e. The SMILES string of the molecule is CC(F)(F)CCN1CCCC(C#N)C1. The Morgan fingerprint density at radius 3 is 2.86 bits per heavy atom. The molecule has 1 atom stereocenters. The van der Waals surface area contributed by atoms with E-state index >= 15 is 0 Å². The fourth-order valence-electron chi connectivity index (χ4n) is 1.72. The van der Waals surface area contributed by atoms with Crippen LogP contribution >= 0.6 is 0 Å². The first-order chi connectivity index (χ1) is 6.51. The summed E-state index contributed by atoms with van der Waals surface area (Å²) in [5, 5.41) is 8.71. The highest BCUT2D eigenvalue weighted by molar-refractivity contribution is 4.88. The number of likely N-dealkylation sites (tertiary alicyclic amines) is 1. The molecule has 0 aromatic rings. The quantitative estimate of drug-likeness (QED) is 0.702. The van der Waals surface area contributed by atoms with Crippen LogP contribution in [-0.2, 0) is 0 Å². The van der Waals surface area contributed by atoms with Crippen LogP contribution in [0.1, 0.15) is 26.2 Å². The molecule has 1 rings (SSSR count). The van der Waals surface area contributed by atoms with Crippen LogP contribution in [0.15, 0.2) is 0 Å². The normalized spacial score (nSPS) is 24.6. The average Bonchev–Trinajstić information content (AvgIpc) is 2.14. The third-order valence-electron chi connectivity index (χ3n) is 2.56. The molecular weight excluding hydrogens is 186 g/mol. The molecule has 1 fully saturated rings. The van der Waals surface area contributed by atoms with Gasteiger partial charge in [0.25, 0.3) is 0 Å². The highest BCUT2D eigenvalue weighted by atomic mass is 19.3. The molecule has 0 saturated carbocycles. The Hall–Kier alpha value is -0.690. The molecule has 0 radical (unpaired) electrons. The number of alkyl halides is 2. The molecule has 0 aromatic carbocycles. The maximum Gasteiger partial charge on any atom is 0.246 e. The number of piperidine rings is 1. The number of hydrogen-bond acceptors (Lipinski definition) is 2. The zero-order valence-electron chi connectivity index (χ0n) is 8.47. The van der Waals surface area contributed by atoms with Gasteiger partial charge in [-0.25, -0.2) is 8.78 Å². The summed E-state index contributed by atoms with van der Waals surface area (Å²) in [4.78, 5) is 1.97. The fraction of sp³-hybridized carbons (Fsp3) is 0.900. The summed E-state index contributed by atoms with van der Waals surface area (Å²) in [6.45, 7) is 2.86. The summed E-state index contributed by atoms with van der Waals surface area (Å²) in [5.41, 5.74) is 0. The molecule has 1 unspecified atom stereocenters. The van der Waals surface area contributed by atoms with Crippen molar-refractivity contribution in [2.45, 2.75) is 32.1 Å². The molecule has 4 heteroatoms. The van der Waals surface area contributed by atoms with E-state index in [1.165, 1.54) is 0 Å². The van der Waals surface area contributed by atoms with Crippen LogP contribution in [0.5, 0.6) is 0 Å². The van der Waals surface area contributed by atoms with Gasteiger partial charge in [-0.15, -0.1) is 0 Å². The predicted octanol–water partition coefficient (Wildman–Crippen LogP) is 2.27. The van der Waals surface area contributed by atoms with E-state index < -0.39 is 5.92 Å². The summed E-state index contributed by atoms with van der Waals surface area (Å²) < 4.78 is 25.1. The second-order valence-electron chi connectivity index (χ2n) is 4.09. The number of nitrogens with zero attached hydrogens (tertiary/aromatic N) is 2. The Labute approximate surface area is 83.5 Å². The minimum Gasteiger partial charge on any atom is -0.302 e. The zero-order valence-corrected chi connectivity index (χ0v) is 8.47. The second kappa shape index (κ2) is 4.70. The lowest BCUT2D eigenvalue weighted by molar-refractivity contribution is 0.000510. The first kappa shape index (κ1) is 11.4.